The molecule has 0 rings (SSSR count). The number of ether oxygens (including phenoxy) is 8. The number of rotatable bonds is 12. The van der Waals surface area contributed by atoms with Crippen molar-refractivity contribution >= 4 is 23.9 Å². The van der Waals surface area contributed by atoms with Crippen molar-refractivity contribution < 1.29 is 57.1 Å². The monoisotopic (exact) mass is 640 g/mol. The smallest absolute Gasteiger partial charge is 0.307 e. The summed E-state index contributed by atoms with van der Waals surface area (Å²) in [5.74, 6) is -1.29. The van der Waals surface area contributed by atoms with E-state index in [0.717, 1.165) is 18.9 Å². The maximum atomic E-state index is 10.5. The molecule has 4 unspecified atom stereocenters. The standard InChI is InChI=1S/C9H16O4.C7H16O2.2C4H6O2.2C3H6O.2CH4/c1-6(12-8(3)10)5-7(2)13-9(4)11;1-6(8-3)5-7(2)9-4;2*1-3-6-4(2)5;2*1-3-4-2;;/h6-7H,5H2,1-4H3;6-7H,5H2,1-4H3;2*3H,1H2,2H3;2*3H,1H2,2H3;2*1H4. The first-order chi connectivity index (χ1) is 19.5. The van der Waals surface area contributed by atoms with Gasteiger partial charge in [0.1, 0.15) is 12.2 Å². The van der Waals surface area contributed by atoms with Crippen LogP contribution >= 0.6 is 0 Å². The van der Waals surface area contributed by atoms with Crippen molar-refractivity contribution in [1.29, 1.82) is 0 Å². The molecule has 0 amide bonds. The minimum Gasteiger partial charge on any atom is -0.505 e. The molecule has 12 nitrogen and oxygen atoms in total. The number of hydrogen-bond donors (Lipinski definition) is 0. The highest BCUT2D eigenvalue weighted by molar-refractivity contribution is 5.67. The van der Waals surface area contributed by atoms with E-state index in [1.54, 1.807) is 42.3 Å². The topological polar surface area (TPSA) is 142 Å². The van der Waals surface area contributed by atoms with Gasteiger partial charge in [-0.15, -0.1) is 0 Å². The van der Waals surface area contributed by atoms with E-state index in [9.17, 15) is 19.2 Å². The Hall–Kier alpha value is -3.64. The first kappa shape index (κ1) is 59.7. The molecule has 0 heterocycles. The number of carbonyl (C=O) groups excluding carboxylic acids is 4. The Balaban J connectivity index is -0.0000000617. The van der Waals surface area contributed by atoms with Crippen molar-refractivity contribution in [3.63, 3.8) is 0 Å². The predicted molar refractivity (Wildman–Crippen MR) is 176 cm³/mol. The second-order valence-corrected chi connectivity index (χ2v) is 7.76. The van der Waals surface area contributed by atoms with Crippen molar-refractivity contribution in [1.82, 2.24) is 0 Å². The fourth-order valence-electron chi connectivity index (χ4n) is 2.02. The molecule has 0 spiro atoms. The normalized spacial score (nSPS) is 10.6. The summed E-state index contributed by atoms with van der Waals surface area (Å²) in [5.41, 5.74) is 0. The summed E-state index contributed by atoms with van der Waals surface area (Å²) in [6.45, 7) is 25.8. The van der Waals surface area contributed by atoms with E-state index in [0.29, 0.717) is 18.6 Å². The number of methoxy groups -OCH3 is 4. The predicted octanol–water partition coefficient (Wildman–Crippen LogP) is 6.94. The van der Waals surface area contributed by atoms with E-state index in [1.165, 1.54) is 40.2 Å². The molecule has 0 bridgehead atoms. The van der Waals surface area contributed by atoms with Gasteiger partial charge in [-0.1, -0.05) is 41.2 Å². The van der Waals surface area contributed by atoms with Gasteiger partial charge in [0, 0.05) is 48.3 Å². The molecule has 0 aliphatic carbocycles. The summed E-state index contributed by atoms with van der Waals surface area (Å²) in [5, 5.41) is 0. The number of esters is 4. The highest BCUT2D eigenvalue weighted by Crippen LogP contribution is 2.06. The third kappa shape index (κ3) is 90.2. The Morgan fingerprint density at radius 1 is 0.500 bits per heavy atom. The Bertz CT molecular complexity index is 637. The maximum Gasteiger partial charge on any atom is 0.307 e. The highest BCUT2D eigenvalue weighted by Gasteiger charge is 2.12. The minimum absolute atomic E-state index is 0. The van der Waals surface area contributed by atoms with Crippen molar-refractivity contribution in [3.05, 3.63) is 51.4 Å². The minimum atomic E-state index is -0.329. The van der Waals surface area contributed by atoms with Gasteiger partial charge in [-0.3, -0.25) is 19.2 Å². The highest BCUT2D eigenvalue weighted by atomic mass is 16.6. The van der Waals surface area contributed by atoms with Crippen LogP contribution in [0.5, 0.6) is 0 Å². The summed E-state index contributed by atoms with van der Waals surface area (Å²) in [4.78, 5) is 40.6. The van der Waals surface area contributed by atoms with Gasteiger partial charge in [0.2, 0.25) is 0 Å². The molecular formula is C32H64O12. The lowest BCUT2D eigenvalue weighted by Crippen LogP contribution is -2.21. The Kier molecular flexibility index (Phi) is 66.6. The average molecular weight is 641 g/mol. The van der Waals surface area contributed by atoms with Gasteiger partial charge in [-0.2, -0.15) is 0 Å². The number of hydrogen-bond acceptors (Lipinski definition) is 12. The van der Waals surface area contributed by atoms with Crippen LogP contribution in [0.15, 0.2) is 51.4 Å². The molecule has 0 fully saturated rings. The summed E-state index contributed by atoms with van der Waals surface area (Å²) >= 11 is 0. The largest absolute Gasteiger partial charge is 0.505 e. The maximum absolute atomic E-state index is 10.5. The van der Waals surface area contributed by atoms with Crippen LogP contribution in [0.25, 0.3) is 0 Å². The second-order valence-electron chi connectivity index (χ2n) is 7.76. The fourth-order valence-corrected chi connectivity index (χ4v) is 2.02. The van der Waals surface area contributed by atoms with Crippen molar-refractivity contribution in [2.24, 2.45) is 0 Å². The summed E-state index contributed by atoms with van der Waals surface area (Å²) < 4.78 is 36.8. The molecule has 0 aliphatic rings. The average Bonchev–Trinajstić information content (AvgIpc) is 2.88. The lowest BCUT2D eigenvalue weighted by atomic mass is 10.2. The zero-order chi connectivity index (χ0) is 34.5. The van der Waals surface area contributed by atoms with Gasteiger partial charge in [-0.25, -0.2) is 0 Å². The molecule has 4 atom stereocenters. The van der Waals surface area contributed by atoms with E-state index < -0.39 is 0 Å². The van der Waals surface area contributed by atoms with Gasteiger partial charge in [0.05, 0.1) is 51.5 Å². The molecule has 0 N–H and O–H groups in total. The Morgan fingerprint density at radius 3 is 0.841 bits per heavy atom. The van der Waals surface area contributed by atoms with Crippen LogP contribution in [-0.4, -0.2) is 76.7 Å². The van der Waals surface area contributed by atoms with Crippen molar-refractivity contribution in [2.45, 2.75) is 108 Å². The molecule has 0 saturated heterocycles. The van der Waals surface area contributed by atoms with Crippen LogP contribution in [-0.2, 0) is 57.1 Å². The van der Waals surface area contributed by atoms with E-state index in [2.05, 4.69) is 45.3 Å². The quantitative estimate of drug-likeness (QED) is 0.124. The van der Waals surface area contributed by atoms with Gasteiger partial charge in [0.15, 0.2) is 0 Å². The van der Waals surface area contributed by atoms with Gasteiger partial charge >= 0.3 is 23.9 Å². The van der Waals surface area contributed by atoms with E-state index >= 15 is 0 Å². The molecule has 0 aromatic carbocycles. The summed E-state index contributed by atoms with van der Waals surface area (Å²) in [7, 11) is 6.56. The lowest BCUT2D eigenvalue weighted by Gasteiger charge is -2.16. The first-order valence-electron chi connectivity index (χ1n) is 12.7. The van der Waals surface area contributed by atoms with Crippen LogP contribution in [0, 0.1) is 0 Å². The Labute approximate surface area is 268 Å². The second kappa shape index (κ2) is 49.1. The van der Waals surface area contributed by atoms with Crippen molar-refractivity contribution in [2.75, 3.05) is 28.4 Å². The van der Waals surface area contributed by atoms with Crippen LogP contribution in [0.1, 0.15) is 83.1 Å². The molecule has 0 aromatic heterocycles. The van der Waals surface area contributed by atoms with Gasteiger partial charge in [-0.05, 0) is 34.1 Å². The first-order valence-corrected chi connectivity index (χ1v) is 12.7. The molecule has 0 aliphatic heterocycles. The molecule has 0 saturated carbocycles. The number of carbonyl (C=O) groups is 4. The Morgan fingerprint density at radius 2 is 0.727 bits per heavy atom. The van der Waals surface area contributed by atoms with Gasteiger partial charge < -0.3 is 37.9 Å². The SMILES string of the molecule is C.C.C=COC.C=COC.C=COC(C)=O.C=COC(C)=O.CC(=O)OC(C)CC(C)OC(C)=O.COC(C)CC(C)OC. The van der Waals surface area contributed by atoms with Gasteiger partial charge in [0.25, 0.3) is 0 Å². The van der Waals surface area contributed by atoms with Crippen molar-refractivity contribution in [3.8, 4) is 0 Å². The van der Waals surface area contributed by atoms with E-state index in [1.807, 2.05) is 13.8 Å². The molecule has 0 radical (unpaired) electrons. The fraction of sp³-hybridized carbons (Fsp3) is 0.625. The van der Waals surface area contributed by atoms with Crippen LogP contribution in [0.2, 0.25) is 0 Å². The van der Waals surface area contributed by atoms with E-state index in [-0.39, 0.29) is 50.9 Å². The molecule has 12 heteroatoms. The third-order valence-corrected chi connectivity index (χ3v) is 3.70. The zero-order valence-electron chi connectivity index (χ0n) is 27.8. The third-order valence-electron chi connectivity index (χ3n) is 3.70. The summed E-state index contributed by atoms with van der Waals surface area (Å²) in [6, 6.07) is 0. The van der Waals surface area contributed by atoms with Crippen LogP contribution < -0.4 is 0 Å². The van der Waals surface area contributed by atoms with Crippen LogP contribution in [0.3, 0.4) is 0 Å². The summed E-state index contributed by atoms with van der Waals surface area (Å²) in [6.07, 6.45) is 6.62. The zero-order valence-corrected chi connectivity index (χ0v) is 27.8. The van der Waals surface area contributed by atoms with E-state index in [4.69, 9.17) is 18.9 Å². The lowest BCUT2D eigenvalue weighted by molar-refractivity contribution is -0.151. The van der Waals surface area contributed by atoms with Crippen LogP contribution in [0.4, 0.5) is 0 Å². The molecular weight excluding hydrogens is 576 g/mol. The molecule has 264 valence electrons. The molecule has 44 heavy (non-hydrogen) atoms. The molecule has 0 aromatic rings.